The molecule has 3 aliphatic rings. The van der Waals surface area contributed by atoms with Crippen LogP contribution in [-0.2, 0) is 15.4 Å². The molecule has 4 rings (SSSR count). The van der Waals surface area contributed by atoms with E-state index in [1.165, 1.54) is 24.2 Å². The van der Waals surface area contributed by atoms with Gasteiger partial charge in [0.25, 0.3) is 0 Å². The molecule has 0 saturated heterocycles. The van der Waals surface area contributed by atoms with Gasteiger partial charge in [-0.3, -0.25) is 4.99 Å². The van der Waals surface area contributed by atoms with Crippen LogP contribution in [0.5, 0.6) is 0 Å². The van der Waals surface area contributed by atoms with E-state index >= 15 is 0 Å². The zero-order valence-corrected chi connectivity index (χ0v) is 17.2. The van der Waals surface area contributed by atoms with Crippen molar-refractivity contribution in [3.63, 3.8) is 0 Å². The van der Waals surface area contributed by atoms with Gasteiger partial charge in [-0.1, -0.05) is 36.3 Å². The molecule has 4 nitrogen and oxygen atoms in total. The third-order valence-corrected chi connectivity index (χ3v) is 10.5. The van der Waals surface area contributed by atoms with Crippen LogP contribution in [0.4, 0.5) is 0 Å². The van der Waals surface area contributed by atoms with Gasteiger partial charge >= 0.3 is 0 Å². The van der Waals surface area contributed by atoms with Crippen LogP contribution in [0.2, 0.25) is 5.02 Å². The van der Waals surface area contributed by atoms with Gasteiger partial charge in [-0.15, -0.1) is 11.3 Å². The second-order valence-corrected chi connectivity index (χ2v) is 11.7. The summed E-state index contributed by atoms with van der Waals surface area (Å²) in [6.45, 7) is 1.81. The van der Waals surface area contributed by atoms with Gasteiger partial charge in [0.05, 0.1) is 20.5 Å². The van der Waals surface area contributed by atoms with Crippen LogP contribution >= 0.6 is 22.9 Å². The van der Waals surface area contributed by atoms with E-state index in [0.29, 0.717) is 23.8 Å². The topological polar surface area (TPSA) is 72.5 Å². The minimum Gasteiger partial charge on any atom is -0.386 e. The monoisotopic (exact) mass is 410 g/mol. The summed E-state index contributed by atoms with van der Waals surface area (Å²) in [4.78, 5) is 6.27. The lowest BCUT2D eigenvalue weighted by Crippen LogP contribution is -2.61. The van der Waals surface area contributed by atoms with E-state index in [2.05, 4.69) is 16.8 Å². The largest absolute Gasteiger partial charge is 0.386 e. The molecule has 2 heterocycles. The summed E-state index contributed by atoms with van der Waals surface area (Å²) in [6, 6.07) is 1.83. The number of aliphatic imine (C=N–C) groups is 1. The second-order valence-electron chi connectivity index (χ2n) is 7.92. The number of sulfone groups is 1. The molecule has 2 saturated carbocycles. The highest BCUT2D eigenvalue weighted by atomic mass is 35.5. The van der Waals surface area contributed by atoms with Gasteiger partial charge in [0, 0.05) is 5.92 Å². The highest BCUT2D eigenvalue weighted by molar-refractivity contribution is 7.93. The van der Waals surface area contributed by atoms with E-state index in [1.54, 1.807) is 0 Å². The van der Waals surface area contributed by atoms with Crippen molar-refractivity contribution in [1.82, 2.24) is 0 Å². The molecular formula is C19H23ClN2O2S2. The fraction of sp³-hybridized carbons (Fsp3) is 0.632. The van der Waals surface area contributed by atoms with Gasteiger partial charge in [-0.25, -0.2) is 8.42 Å². The number of nitrogens with zero attached hydrogens (tertiary/aromatic N) is 1. The lowest BCUT2D eigenvalue weighted by molar-refractivity contribution is 0.393. The molecular weight excluding hydrogens is 388 g/mol. The SMILES string of the molecule is C[C@@]1(c2sc(C#CC3CCCC3)cc2Cl)CS(=O)(=O)C2(CCC2)C(N)=N1. The Balaban J connectivity index is 1.69. The molecule has 0 aromatic carbocycles. The fourth-order valence-electron chi connectivity index (χ4n) is 4.29. The molecule has 0 radical (unpaired) electrons. The van der Waals surface area contributed by atoms with Crippen LogP contribution in [0, 0.1) is 17.8 Å². The first kappa shape index (κ1) is 18.3. The molecule has 2 aliphatic carbocycles. The number of halogens is 1. The smallest absolute Gasteiger partial charge is 0.165 e. The Labute approximate surface area is 164 Å². The molecule has 2 N–H and O–H groups in total. The normalized spacial score (nSPS) is 29.7. The molecule has 1 aromatic rings. The Morgan fingerprint density at radius 1 is 1.31 bits per heavy atom. The number of rotatable bonds is 1. The van der Waals surface area contributed by atoms with Gasteiger partial charge < -0.3 is 5.73 Å². The van der Waals surface area contributed by atoms with Gasteiger partial charge in [0.2, 0.25) is 0 Å². The zero-order chi connectivity index (χ0) is 18.6. The van der Waals surface area contributed by atoms with Crippen LogP contribution < -0.4 is 5.73 Å². The molecule has 0 unspecified atom stereocenters. The molecule has 140 valence electrons. The third kappa shape index (κ3) is 2.80. The average molecular weight is 411 g/mol. The van der Waals surface area contributed by atoms with Gasteiger partial charge in [0.1, 0.15) is 16.1 Å². The van der Waals surface area contributed by atoms with E-state index in [-0.39, 0.29) is 11.6 Å². The number of nitrogens with two attached hydrogens (primary N) is 1. The minimum atomic E-state index is -3.37. The maximum atomic E-state index is 13.0. The van der Waals surface area contributed by atoms with Crippen LogP contribution in [0.1, 0.15) is 61.6 Å². The minimum absolute atomic E-state index is 0.0452. The van der Waals surface area contributed by atoms with Crippen molar-refractivity contribution in [3.8, 4) is 11.8 Å². The van der Waals surface area contributed by atoms with Gasteiger partial charge in [-0.2, -0.15) is 0 Å². The van der Waals surface area contributed by atoms with Crippen LogP contribution in [0.25, 0.3) is 0 Å². The molecule has 1 aliphatic heterocycles. The molecule has 1 aromatic heterocycles. The first-order valence-electron chi connectivity index (χ1n) is 9.15. The first-order valence-corrected chi connectivity index (χ1v) is 12.0. The van der Waals surface area contributed by atoms with Gasteiger partial charge in [0.15, 0.2) is 9.84 Å². The predicted molar refractivity (Wildman–Crippen MR) is 108 cm³/mol. The van der Waals surface area contributed by atoms with Crippen molar-refractivity contribution in [3.05, 3.63) is 20.8 Å². The number of amidine groups is 1. The van der Waals surface area contributed by atoms with Crippen molar-refractivity contribution in [2.45, 2.75) is 62.2 Å². The predicted octanol–water partition coefficient (Wildman–Crippen LogP) is 3.87. The van der Waals surface area contributed by atoms with Crippen molar-refractivity contribution in [2.24, 2.45) is 16.6 Å². The second kappa shape index (κ2) is 6.25. The Morgan fingerprint density at radius 2 is 2.00 bits per heavy atom. The maximum absolute atomic E-state index is 13.0. The molecule has 1 atom stereocenters. The Kier molecular flexibility index (Phi) is 4.41. The maximum Gasteiger partial charge on any atom is 0.165 e. The van der Waals surface area contributed by atoms with E-state index in [4.69, 9.17) is 17.3 Å². The molecule has 2 fully saturated rings. The lowest BCUT2D eigenvalue weighted by Gasteiger charge is -2.46. The third-order valence-electron chi connectivity index (χ3n) is 5.99. The lowest BCUT2D eigenvalue weighted by atomic mass is 9.82. The first-order chi connectivity index (χ1) is 12.3. The van der Waals surface area contributed by atoms with E-state index in [0.717, 1.165) is 29.0 Å². The van der Waals surface area contributed by atoms with Crippen molar-refractivity contribution in [2.75, 3.05) is 5.75 Å². The number of hydrogen-bond acceptors (Lipinski definition) is 5. The van der Waals surface area contributed by atoms with E-state index < -0.39 is 20.1 Å². The van der Waals surface area contributed by atoms with E-state index in [9.17, 15) is 8.42 Å². The van der Waals surface area contributed by atoms with E-state index in [1.807, 2.05) is 13.0 Å². The van der Waals surface area contributed by atoms with Crippen molar-refractivity contribution >= 4 is 38.6 Å². The summed E-state index contributed by atoms with van der Waals surface area (Å²) >= 11 is 7.90. The van der Waals surface area contributed by atoms with Crippen LogP contribution in [-0.4, -0.2) is 24.8 Å². The summed E-state index contributed by atoms with van der Waals surface area (Å²) < 4.78 is 25.0. The summed E-state index contributed by atoms with van der Waals surface area (Å²) in [7, 11) is -3.37. The number of hydrogen-bond donors (Lipinski definition) is 1. The zero-order valence-electron chi connectivity index (χ0n) is 14.8. The highest BCUT2D eigenvalue weighted by Crippen LogP contribution is 2.49. The molecule has 0 amide bonds. The fourth-order valence-corrected chi connectivity index (χ4v) is 8.38. The summed E-state index contributed by atoms with van der Waals surface area (Å²) in [5.41, 5.74) is 5.23. The Bertz CT molecular complexity index is 928. The van der Waals surface area contributed by atoms with Crippen molar-refractivity contribution in [1.29, 1.82) is 0 Å². The molecule has 0 bridgehead atoms. The Hall–Kier alpha value is -1.03. The van der Waals surface area contributed by atoms with Crippen LogP contribution in [0.15, 0.2) is 11.1 Å². The standard InChI is InChI=1S/C19H23ClN2O2S2/c1-18(12-26(23,24)19(9-4-10-19)17(21)22-18)16-15(20)11-14(25-16)8-7-13-5-2-3-6-13/h11,13H,2-6,9-10,12H2,1H3,(H2,21,22)/t18-/m0/s1. The molecule has 26 heavy (non-hydrogen) atoms. The summed E-state index contributed by atoms with van der Waals surface area (Å²) in [5.74, 6) is 7.24. The summed E-state index contributed by atoms with van der Waals surface area (Å²) in [6.07, 6.45) is 6.87. The van der Waals surface area contributed by atoms with Crippen LogP contribution in [0.3, 0.4) is 0 Å². The molecule has 7 heteroatoms. The van der Waals surface area contributed by atoms with Gasteiger partial charge in [-0.05, 0) is 45.1 Å². The average Bonchev–Trinajstić information content (AvgIpc) is 3.11. The Morgan fingerprint density at radius 3 is 2.58 bits per heavy atom. The molecule has 1 spiro atoms. The quantitative estimate of drug-likeness (QED) is 0.714. The van der Waals surface area contributed by atoms with Crippen molar-refractivity contribution < 1.29 is 8.42 Å². The highest BCUT2D eigenvalue weighted by Gasteiger charge is 2.58. The number of thiophene rings is 1. The summed E-state index contributed by atoms with van der Waals surface area (Å²) in [5, 5.41) is 0.532.